The largest absolute Gasteiger partial charge is 0.396 e. The third-order valence-corrected chi connectivity index (χ3v) is 4.07. The maximum Gasteiger partial charge on any atom is 0.124 e. The van der Waals surface area contributed by atoms with E-state index in [0.717, 1.165) is 57.0 Å². The Hall–Kier alpha value is -1.43. The molecule has 21 heavy (non-hydrogen) atoms. The average Bonchev–Trinajstić information content (AvgIpc) is 2.67. The SMILES string of the molecule is OCCCn1c(CN2CCCNCC2)nc2ccccc21. The van der Waals surface area contributed by atoms with Crippen molar-refractivity contribution in [3.63, 3.8) is 0 Å². The summed E-state index contributed by atoms with van der Waals surface area (Å²) in [5, 5.41) is 12.6. The van der Waals surface area contributed by atoms with Gasteiger partial charge in [0.15, 0.2) is 0 Å². The molecule has 1 fully saturated rings. The Morgan fingerprint density at radius 3 is 3.00 bits per heavy atom. The molecule has 0 aliphatic carbocycles. The molecule has 3 rings (SSSR count). The number of nitrogens with zero attached hydrogens (tertiary/aromatic N) is 3. The van der Waals surface area contributed by atoms with Crippen LogP contribution in [0.4, 0.5) is 0 Å². The summed E-state index contributed by atoms with van der Waals surface area (Å²) >= 11 is 0. The summed E-state index contributed by atoms with van der Waals surface area (Å²) in [7, 11) is 0. The Morgan fingerprint density at radius 1 is 1.19 bits per heavy atom. The first-order valence-corrected chi connectivity index (χ1v) is 7.86. The Kier molecular flexibility index (Phi) is 4.85. The van der Waals surface area contributed by atoms with Crippen molar-refractivity contribution in [3.8, 4) is 0 Å². The van der Waals surface area contributed by atoms with Crippen LogP contribution in [0.5, 0.6) is 0 Å². The van der Waals surface area contributed by atoms with E-state index < -0.39 is 0 Å². The van der Waals surface area contributed by atoms with Crippen molar-refractivity contribution in [1.29, 1.82) is 0 Å². The van der Waals surface area contributed by atoms with E-state index in [-0.39, 0.29) is 6.61 Å². The summed E-state index contributed by atoms with van der Waals surface area (Å²) in [4.78, 5) is 7.28. The molecule has 0 unspecified atom stereocenters. The van der Waals surface area contributed by atoms with Gasteiger partial charge in [-0.25, -0.2) is 4.98 Å². The second kappa shape index (κ2) is 7.02. The molecule has 1 saturated heterocycles. The van der Waals surface area contributed by atoms with Crippen molar-refractivity contribution in [2.45, 2.75) is 25.9 Å². The van der Waals surface area contributed by atoms with E-state index in [4.69, 9.17) is 10.1 Å². The number of aliphatic hydroxyl groups is 1. The third-order valence-electron chi connectivity index (χ3n) is 4.07. The lowest BCUT2D eigenvalue weighted by atomic mass is 10.3. The van der Waals surface area contributed by atoms with Gasteiger partial charge < -0.3 is 15.0 Å². The summed E-state index contributed by atoms with van der Waals surface area (Å²) in [6.07, 6.45) is 1.96. The topological polar surface area (TPSA) is 53.3 Å². The van der Waals surface area contributed by atoms with E-state index in [1.165, 1.54) is 11.9 Å². The number of aliphatic hydroxyl groups excluding tert-OH is 1. The fourth-order valence-corrected chi connectivity index (χ4v) is 2.98. The lowest BCUT2D eigenvalue weighted by Crippen LogP contribution is -2.29. The van der Waals surface area contributed by atoms with Crippen LogP contribution in [0.15, 0.2) is 24.3 Å². The Morgan fingerprint density at radius 2 is 2.10 bits per heavy atom. The summed E-state index contributed by atoms with van der Waals surface area (Å²) in [6.45, 7) is 6.30. The average molecular weight is 288 g/mol. The first-order chi connectivity index (χ1) is 10.4. The number of hydrogen-bond acceptors (Lipinski definition) is 4. The Balaban J connectivity index is 1.85. The molecular weight excluding hydrogens is 264 g/mol. The van der Waals surface area contributed by atoms with Gasteiger partial charge in [-0.3, -0.25) is 4.90 Å². The minimum absolute atomic E-state index is 0.222. The zero-order chi connectivity index (χ0) is 14.5. The predicted molar refractivity (Wildman–Crippen MR) is 84.2 cm³/mol. The van der Waals surface area contributed by atoms with Gasteiger partial charge in [-0.1, -0.05) is 12.1 Å². The molecule has 1 aliphatic rings. The van der Waals surface area contributed by atoms with Crippen LogP contribution in [0.2, 0.25) is 0 Å². The van der Waals surface area contributed by atoms with Crippen molar-refractivity contribution in [2.24, 2.45) is 0 Å². The van der Waals surface area contributed by atoms with Gasteiger partial charge in [0.05, 0.1) is 17.6 Å². The zero-order valence-corrected chi connectivity index (χ0v) is 12.5. The summed E-state index contributed by atoms with van der Waals surface area (Å²) < 4.78 is 2.27. The molecule has 5 heteroatoms. The number of para-hydroxylation sites is 2. The van der Waals surface area contributed by atoms with E-state index in [9.17, 15) is 0 Å². The van der Waals surface area contributed by atoms with Gasteiger partial charge in [0.25, 0.3) is 0 Å². The van der Waals surface area contributed by atoms with Gasteiger partial charge in [-0.15, -0.1) is 0 Å². The monoisotopic (exact) mass is 288 g/mol. The van der Waals surface area contributed by atoms with Crippen molar-refractivity contribution < 1.29 is 5.11 Å². The number of fused-ring (bicyclic) bond motifs is 1. The summed E-state index contributed by atoms with van der Waals surface area (Å²) in [6, 6.07) is 8.27. The van der Waals surface area contributed by atoms with Crippen molar-refractivity contribution in [3.05, 3.63) is 30.1 Å². The highest BCUT2D eigenvalue weighted by atomic mass is 16.3. The molecular formula is C16H24N4O. The maximum absolute atomic E-state index is 9.13. The second-order valence-electron chi connectivity index (χ2n) is 5.63. The zero-order valence-electron chi connectivity index (χ0n) is 12.5. The van der Waals surface area contributed by atoms with Crippen molar-refractivity contribution >= 4 is 11.0 Å². The predicted octanol–water partition coefficient (Wildman–Crippen LogP) is 1.21. The highest BCUT2D eigenvalue weighted by Crippen LogP contribution is 2.18. The first kappa shape index (κ1) is 14.5. The number of benzene rings is 1. The smallest absolute Gasteiger partial charge is 0.124 e. The van der Waals surface area contributed by atoms with Gasteiger partial charge in [-0.2, -0.15) is 0 Å². The van der Waals surface area contributed by atoms with E-state index >= 15 is 0 Å². The molecule has 5 nitrogen and oxygen atoms in total. The van der Waals surface area contributed by atoms with Crippen LogP contribution in [0.25, 0.3) is 11.0 Å². The molecule has 114 valence electrons. The van der Waals surface area contributed by atoms with Crippen LogP contribution in [-0.2, 0) is 13.1 Å². The van der Waals surface area contributed by atoms with Crippen molar-refractivity contribution in [2.75, 3.05) is 32.8 Å². The van der Waals surface area contributed by atoms with E-state index in [1.807, 2.05) is 6.07 Å². The fraction of sp³-hybridized carbons (Fsp3) is 0.562. The second-order valence-corrected chi connectivity index (χ2v) is 5.63. The van der Waals surface area contributed by atoms with E-state index in [0.29, 0.717) is 0 Å². The summed E-state index contributed by atoms with van der Waals surface area (Å²) in [5.74, 6) is 1.12. The van der Waals surface area contributed by atoms with Crippen LogP contribution in [0, 0.1) is 0 Å². The number of rotatable bonds is 5. The van der Waals surface area contributed by atoms with E-state index in [1.54, 1.807) is 0 Å². The number of aromatic nitrogens is 2. The molecule has 2 N–H and O–H groups in total. The first-order valence-electron chi connectivity index (χ1n) is 7.86. The molecule has 0 spiro atoms. The lowest BCUT2D eigenvalue weighted by molar-refractivity contribution is 0.264. The quantitative estimate of drug-likeness (QED) is 0.868. The molecule has 0 radical (unpaired) electrons. The van der Waals surface area contributed by atoms with Crippen LogP contribution in [0.1, 0.15) is 18.7 Å². The number of aryl methyl sites for hydroxylation is 1. The number of nitrogens with one attached hydrogen (secondary N) is 1. The standard InChI is InChI=1S/C16H24N4O/c21-12-4-10-20-15-6-2-1-5-14(15)18-16(20)13-19-9-3-7-17-8-11-19/h1-2,5-6,17,21H,3-4,7-13H2. The van der Waals surface area contributed by atoms with Gasteiger partial charge in [0.2, 0.25) is 0 Å². The van der Waals surface area contributed by atoms with Gasteiger partial charge >= 0.3 is 0 Å². The third kappa shape index (κ3) is 3.43. The maximum atomic E-state index is 9.13. The van der Waals surface area contributed by atoms with Gasteiger partial charge in [0.1, 0.15) is 5.82 Å². The fourth-order valence-electron chi connectivity index (χ4n) is 2.98. The molecule has 2 aromatic rings. The Labute approximate surface area is 125 Å². The molecule has 0 amide bonds. The number of hydrogen-bond donors (Lipinski definition) is 2. The van der Waals surface area contributed by atoms with Crippen LogP contribution >= 0.6 is 0 Å². The highest BCUT2D eigenvalue weighted by Gasteiger charge is 2.15. The number of imidazole rings is 1. The molecule has 1 aliphatic heterocycles. The molecule has 1 aromatic carbocycles. The molecule has 2 heterocycles. The van der Waals surface area contributed by atoms with Crippen LogP contribution in [-0.4, -0.2) is 52.3 Å². The van der Waals surface area contributed by atoms with Crippen molar-refractivity contribution in [1.82, 2.24) is 19.8 Å². The van der Waals surface area contributed by atoms with Crippen LogP contribution < -0.4 is 5.32 Å². The Bertz CT molecular complexity index is 573. The van der Waals surface area contributed by atoms with Gasteiger partial charge in [-0.05, 0) is 38.1 Å². The summed E-state index contributed by atoms with van der Waals surface area (Å²) in [5.41, 5.74) is 2.23. The molecule has 1 aromatic heterocycles. The van der Waals surface area contributed by atoms with E-state index in [2.05, 4.69) is 33.0 Å². The normalized spacial score (nSPS) is 17.2. The highest BCUT2D eigenvalue weighted by molar-refractivity contribution is 5.75. The lowest BCUT2D eigenvalue weighted by Gasteiger charge is -2.19. The van der Waals surface area contributed by atoms with Crippen LogP contribution in [0.3, 0.4) is 0 Å². The minimum Gasteiger partial charge on any atom is -0.396 e. The molecule has 0 saturated carbocycles. The molecule has 0 atom stereocenters. The molecule has 0 bridgehead atoms. The minimum atomic E-state index is 0.222. The van der Waals surface area contributed by atoms with Gasteiger partial charge in [0, 0.05) is 26.2 Å².